The van der Waals surface area contributed by atoms with E-state index >= 15 is 0 Å². The Balaban J connectivity index is 2.24. The quantitative estimate of drug-likeness (QED) is 0.703. The number of ether oxygens (including phenoxy) is 2. The molecule has 2 heterocycles. The standard InChI is InChI=1S/C8H4F2N2O2S/c9-8(10)13-6-1-4-5(2-7(6)14-8)12(15)3-11-4/h1-3,15H. The molecule has 0 N–H and O–H groups in total. The van der Waals surface area contributed by atoms with E-state index in [2.05, 4.69) is 27.3 Å². The summed E-state index contributed by atoms with van der Waals surface area (Å²) < 4.78 is 35.4. The van der Waals surface area contributed by atoms with Gasteiger partial charge in [0.05, 0.1) is 11.0 Å². The summed E-state index contributed by atoms with van der Waals surface area (Å²) in [7, 11) is 0. The van der Waals surface area contributed by atoms with E-state index in [0.717, 1.165) is 0 Å². The van der Waals surface area contributed by atoms with Gasteiger partial charge in [0, 0.05) is 12.1 Å². The van der Waals surface area contributed by atoms with E-state index in [-0.39, 0.29) is 11.5 Å². The van der Waals surface area contributed by atoms with Crippen molar-refractivity contribution in [2.24, 2.45) is 0 Å². The zero-order valence-corrected chi connectivity index (χ0v) is 8.04. The fourth-order valence-electron chi connectivity index (χ4n) is 1.44. The molecule has 1 aliphatic rings. The fourth-order valence-corrected chi connectivity index (χ4v) is 1.65. The Bertz CT molecular complexity index is 555. The second-order valence-electron chi connectivity index (χ2n) is 3.04. The third kappa shape index (κ3) is 1.23. The number of rotatable bonds is 0. The number of fused-ring (bicyclic) bond motifs is 2. The van der Waals surface area contributed by atoms with E-state index in [1.165, 1.54) is 22.4 Å². The minimum Gasteiger partial charge on any atom is -0.395 e. The van der Waals surface area contributed by atoms with Crippen LogP contribution >= 0.6 is 12.8 Å². The molecule has 0 spiro atoms. The summed E-state index contributed by atoms with van der Waals surface area (Å²) in [5.41, 5.74) is 1.10. The molecule has 78 valence electrons. The Morgan fingerprint density at radius 2 is 1.93 bits per heavy atom. The summed E-state index contributed by atoms with van der Waals surface area (Å²) in [4.78, 5) is 3.95. The van der Waals surface area contributed by atoms with Crippen LogP contribution in [0.25, 0.3) is 11.0 Å². The SMILES string of the molecule is FC1(F)Oc2cc3ncn(S)c3cc2O1. The van der Waals surface area contributed by atoms with Gasteiger partial charge < -0.3 is 9.47 Å². The molecule has 4 nitrogen and oxygen atoms in total. The number of halogens is 2. The highest BCUT2D eigenvalue weighted by Crippen LogP contribution is 2.42. The van der Waals surface area contributed by atoms with Crippen LogP contribution in [0.2, 0.25) is 0 Å². The molecule has 2 aromatic rings. The fraction of sp³-hybridized carbons (Fsp3) is 0.125. The molecule has 0 bridgehead atoms. The molecule has 0 atom stereocenters. The van der Waals surface area contributed by atoms with E-state index < -0.39 is 6.29 Å². The predicted octanol–water partition coefficient (Wildman–Crippen LogP) is 2.05. The number of aromatic nitrogens is 2. The Hall–Kier alpha value is -1.50. The van der Waals surface area contributed by atoms with Crippen LogP contribution in [0.1, 0.15) is 0 Å². The molecule has 0 fully saturated rings. The van der Waals surface area contributed by atoms with Crippen LogP contribution in [-0.2, 0) is 0 Å². The second kappa shape index (κ2) is 2.54. The van der Waals surface area contributed by atoms with Crippen LogP contribution in [0.3, 0.4) is 0 Å². The third-order valence-corrected chi connectivity index (χ3v) is 2.37. The van der Waals surface area contributed by atoms with Crippen molar-refractivity contribution in [1.29, 1.82) is 0 Å². The predicted molar refractivity (Wildman–Crippen MR) is 50.3 cm³/mol. The minimum absolute atomic E-state index is 0.0108. The number of hydrogen-bond donors (Lipinski definition) is 1. The van der Waals surface area contributed by atoms with Crippen molar-refractivity contribution in [3.63, 3.8) is 0 Å². The van der Waals surface area contributed by atoms with Gasteiger partial charge in [-0.2, -0.15) is 0 Å². The first-order valence-electron chi connectivity index (χ1n) is 4.01. The van der Waals surface area contributed by atoms with Gasteiger partial charge in [-0.1, -0.05) is 12.8 Å². The minimum atomic E-state index is -3.59. The molecule has 0 unspecified atom stereocenters. The Labute approximate surface area is 88.0 Å². The van der Waals surface area contributed by atoms with Gasteiger partial charge in [-0.25, -0.2) is 4.98 Å². The van der Waals surface area contributed by atoms with Gasteiger partial charge in [-0.05, 0) is 0 Å². The third-order valence-electron chi connectivity index (χ3n) is 2.05. The molecule has 0 radical (unpaired) electrons. The molecule has 0 aliphatic carbocycles. The molecule has 15 heavy (non-hydrogen) atoms. The van der Waals surface area contributed by atoms with Crippen molar-refractivity contribution in [3.05, 3.63) is 18.5 Å². The number of hydrogen-bond acceptors (Lipinski definition) is 4. The van der Waals surface area contributed by atoms with Crippen molar-refractivity contribution in [2.45, 2.75) is 6.29 Å². The highest BCUT2D eigenvalue weighted by atomic mass is 32.1. The highest BCUT2D eigenvalue weighted by molar-refractivity contribution is 7.78. The lowest BCUT2D eigenvalue weighted by Crippen LogP contribution is -2.25. The summed E-state index contributed by atoms with van der Waals surface area (Å²) >= 11 is 4.06. The lowest BCUT2D eigenvalue weighted by Gasteiger charge is -2.04. The van der Waals surface area contributed by atoms with Crippen LogP contribution in [-0.4, -0.2) is 15.3 Å². The van der Waals surface area contributed by atoms with E-state index in [9.17, 15) is 8.78 Å². The second-order valence-corrected chi connectivity index (χ2v) is 3.48. The maximum atomic E-state index is 12.7. The molecule has 0 saturated heterocycles. The van der Waals surface area contributed by atoms with Gasteiger partial charge in [0.1, 0.15) is 6.33 Å². The van der Waals surface area contributed by atoms with Crippen molar-refractivity contribution in [3.8, 4) is 11.5 Å². The van der Waals surface area contributed by atoms with E-state index in [1.54, 1.807) is 0 Å². The van der Waals surface area contributed by atoms with Gasteiger partial charge in [0.25, 0.3) is 0 Å². The largest absolute Gasteiger partial charge is 0.586 e. The average Bonchev–Trinajstić information content (AvgIpc) is 2.62. The molecule has 1 aromatic carbocycles. The van der Waals surface area contributed by atoms with Crippen LogP contribution in [0.5, 0.6) is 11.5 Å². The first kappa shape index (κ1) is 8.78. The average molecular weight is 230 g/mol. The van der Waals surface area contributed by atoms with Crippen LogP contribution in [0.15, 0.2) is 18.5 Å². The van der Waals surface area contributed by atoms with E-state index in [0.29, 0.717) is 11.0 Å². The molecule has 0 saturated carbocycles. The van der Waals surface area contributed by atoms with Crippen molar-refractivity contribution in [2.75, 3.05) is 0 Å². The maximum Gasteiger partial charge on any atom is 0.586 e. The van der Waals surface area contributed by atoms with Crippen molar-refractivity contribution < 1.29 is 18.3 Å². The van der Waals surface area contributed by atoms with Crippen molar-refractivity contribution >= 4 is 23.8 Å². The summed E-state index contributed by atoms with van der Waals surface area (Å²) in [6.45, 7) is 0. The molecule has 7 heteroatoms. The Morgan fingerprint density at radius 1 is 1.27 bits per heavy atom. The van der Waals surface area contributed by atoms with Gasteiger partial charge in [-0.3, -0.25) is 3.97 Å². The lowest BCUT2D eigenvalue weighted by molar-refractivity contribution is -0.286. The zero-order chi connectivity index (χ0) is 10.6. The monoisotopic (exact) mass is 230 g/mol. The van der Waals surface area contributed by atoms with E-state index in [1.807, 2.05) is 0 Å². The number of alkyl halides is 2. The summed E-state index contributed by atoms with van der Waals surface area (Å²) in [5, 5.41) is 0. The molecular weight excluding hydrogens is 226 g/mol. The Kier molecular flexibility index (Phi) is 1.49. The van der Waals surface area contributed by atoms with Crippen molar-refractivity contribution in [1.82, 2.24) is 8.96 Å². The van der Waals surface area contributed by atoms with Gasteiger partial charge in [0.2, 0.25) is 0 Å². The number of thiol groups is 1. The van der Waals surface area contributed by atoms with Gasteiger partial charge in [0.15, 0.2) is 11.5 Å². The molecule has 0 amide bonds. The first-order valence-corrected chi connectivity index (χ1v) is 4.41. The maximum absolute atomic E-state index is 12.7. The topological polar surface area (TPSA) is 36.3 Å². The van der Waals surface area contributed by atoms with E-state index in [4.69, 9.17) is 0 Å². The van der Waals surface area contributed by atoms with Gasteiger partial charge in [-0.15, -0.1) is 8.78 Å². The molecule has 1 aromatic heterocycles. The highest BCUT2D eigenvalue weighted by Gasteiger charge is 2.43. The lowest BCUT2D eigenvalue weighted by atomic mass is 10.3. The smallest absolute Gasteiger partial charge is 0.395 e. The van der Waals surface area contributed by atoms with Crippen LogP contribution in [0, 0.1) is 0 Å². The molecular formula is C8H4F2N2O2S. The number of imidazole rings is 1. The molecule has 3 rings (SSSR count). The number of benzene rings is 1. The molecule has 1 aliphatic heterocycles. The van der Waals surface area contributed by atoms with Crippen LogP contribution < -0.4 is 9.47 Å². The Morgan fingerprint density at radius 3 is 2.67 bits per heavy atom. The summed E-state index contributed by atoms with van der Waals surface area (Å²) in [5.74, 6) is -0.0252. The van der Waals surface area contributed by atoms with Crippen LogP contribution in [0.4, 0.5) is 8.78 Å². The summed E-state index contributed by atoms with van der Waals surface area (Å²) in [6.07, 6.45) is -2.14. The van der Waals surface area contributed by atoms with Gasteiger partial charge >= 0.3 is 6.29 Å². The normalized spacial score (nSPS) is 17.3. The summed E-state index contributed by atoms with van der Waals surface area (Å²) in [6, 6.07) is 2.80. The zero-order valence-electron chi connectivity index (χ0n) is 7.15. The first-order chi connectivity index (χ1) is 7.05. The number of nitrogens with zero attached hydrogens (tertiary/aromatic N) is 2.